The topological polar surface area (TPSA) is 63.7 Å². The first-order valence-electron chi connectivity index (χ1n) is 11.4. The molecule has 1 unspecified atom stereocenters. The Morgan fingerprint density at radius 2 is 1.85 bits per heavy atom. The molecule has 0 aliphatic carbocycles. The molecule has 6 heteroatoms. The first-order valence-corrected chi connectivity index (χ1v) is 13.3. The standard InChI is InChI=1S/C27H31NO4S/c1-19(2)24-12-11-20(3)15-26(24)32-17-27(29)28(23-13-14-33(30,31)18-23)16-22-9-6-8-21-7-4-5-10-25(21)22/h4-12,15,19,23H,13-14,16-18H2,1-3H3. The number of sulfone groups is 1. The van der Waals surface area contributed by atoms with Gasteiger partial charge in [-0.2, -0.15) is 0 Å². The second-order valence-corrected chi connectivity index (χ2v) is 11.4. The molecule has 1 aliphatic heterocycles. The van der Waals surface area contributed by atoms with Gasteiger partial charge in [0.15, 0.2) is 16.4 Å². The Morgan fingerprint density at radius 1 is 1.09 bits per heavy atom. The predicted octanol–water partition coefficient (Wildman–Crippen LogP) is 4.87. The second-order valence-electron chi connectivity index (χ2n) is 9.20. The Morgan fingerprint density at radius 3 is 2.58 bits per heavy atom. The summed E-state index contributed by atoms with van der Waals surface area (Å²) >= 11 is 0. The third kappa shape index (κ3) is 5.38. The Hall–Kier alpha value is -2.86. The molecule has 0 aromatic heterocycles. The molecule has 1 fully saturated rings. The molecule has 0 N–H and O–H groups in total. The highest BCUT2D eigenvalue weighted by Gasteiger charge is 2.35. The lowest BCUT2D eigenvalue weighted by atomic mass is 10.0. The number of hydrogen-bond donors (Lipinski definition) is 0. The molecule has 174 valence electrons. The van der Waals surface area contributed by atoms with Gasteiger partial charge in [-0.25, -0.2) is 8.42 Å². The highest BCUT2D eigenvalue weighted by atomic mass is 32.2. The van der Waals surface area contributed by atoms with Gasteiger partial charge in [0.05, 0.1) is 11.5 Å². The molecule has 1 saturated heterocycles. The summed E-state index contributed by atoms with van der Waals surface area (Å²) < 4.78 is 30.4. The highest BCUT2D eigenvalue weighted by molar-refractivity contribution is 7.91. The van der Waals surface area contributed by atoms with Crippen LogP contribution < -0.4 is 4.74 Å². The highest BCUT2D eigenvalue weighted by Crippen LogP contribution is 2.28. The van der Waals surface area contributed by atoms with E-state index in [1.54, 1.807) is 4.90 Å². The van der Waals surface area contributed by atoms with Crippen LogP contribution in [-0.2, 0) is 21.2 Å². The fraction of sp³-hybridized carbons (Fsp3) is 0.370. The largest absolute Gasteiger partial charge is 0.483 e. The zero-order valence-corrected chi connectivity index (χ0v) is 20.3. The van der Waals surface area contributed by atoms with Gasteiger partial charge in [0, 0.05) is 12.6 Å². The number of benzene rings is 3. The van der Waals surface area contributed by atoms with Crippen LogP contribution in [0.3, 0.4) is 0 Å². The molecule has 0 saturated carbocycles. The summed E-state index contributed by atoms with van der Waals surface area (Å²) in [6, 6.07) is 19.8. The van der Waals surface area contributed by atoms with E-state index >= 15 is 0 Å². The van der Waals surface area contributed by atoms with Crippen molar-refractivity contribution in [1.82, 2.24) is 4.90 Å². The van der Waals surface area contributed by atoms with E-state index in [4.69, 9.17) is 4.74 Å². The van der Waals surface area contributed by atoms with E-state index in [2.05, 4.69) is 13.8 Å². The minimum absolute atomic E-state index is 0.00515. The van der Waals surface area contributed by atoms with Crippen LogP contribution in [0.5, 0.6) is 5.75 Å². The summed E-state index contributed by atoms with van der Waals surface area (Å²) in [6.07, 6.45) is 0.459. The molecule has 1 atom stereocenters. The number of aryl methyl sites for hydroxylation is 1. The number of hydrogen-bond acceptors (Lipinski definition) is 4. The van der Waals surface area contributed by atoms with Gasteiger partial charge >= 0.3 is 0 Å². The monoisotopic (exact) mass is 465 g/mol. The molecule has 0 bridgehead atoms. The third-order valence-electron chi connectivity index (χ3n) is 6.33. The van der Waals surface area contributed by atoms with E-state index in [0.717, 1.165) is 27.5 Å². The number of ether oxygens (including phenoxy) is 1. The summed E-state index contributed by atoms with van der Waals surface area (Å²) in [5.41, 5.74) is 3.12. The van der Waals surface area contributed by atoms with Crippen molar-refractivity contribution in [2.45, 2.75) is 45.7 Å². The number of carbonyl (C=O) groups is 1. The SMILES string of the molecule is Cc1ccc(C(C)C)c(OCC(=O)N(Cc2cccc3ccccc23)C2CCS(=O)(=O)C2)c1. The van der Waals surface area contributed by atoms with Crippen molar-refractivity contribution in [3.8, 4) is 5.75 Å². The number of amides is 1. The summed E-state index contributed by atoms with van der Waals surface area (Å²) in [4.78, 5) is 15.1. The average Bonchev–Trinajstić information content (AvgIpc) is 3.15. The zero-order valence-electron chi connectivity index (χ0n) is 19.5. The van der Waals surface area contributed by atoms with Gasteiger partial charge < -0.3 is 9.64 Å². The van der Waals surface area contributed by atoms with Crippen molar-refractivity contribution in [3.05, 3.63) is 77.4 Å². The fourth-order valence-electron chi connectivity index (χ4n) is 4.52. The van der Waals surface area contributed by atoms with Crippen molar-refractivity contribution in [1.29, 1.82) is 0 Å². The van der Waals surface area contributed by atoms with Crippen molar-refractivity contribution < 1.29 is 17.9 Å². The molecule has 0 radical (unpaired) electrons. The van der Waals surface area contributed by atoms with Gasteiger partial charge in [-0.05, 0) is 52.8 Å². The van der Waals surface area contributed by atoms with E-state index in [1.807, 2.05) is 67.6 Å². The fourth-order valence-corrected chi connectivity index (χ4v) is 6.25. The van der Waals surface area contributed by atoms with Gasteiger partial charge in [-0.15, -0.1) is 0 Å². The Labute approximate surface area is 196 Å². The third-order valence-corrected chi connectivity index (χ3v) is 8.08. The average molecular weight is 466 g/mol. The molecular formula is C27H31NO4S. The van der Waals surface area contributed by atoms with E-state index in [0.29, 0.717) is 18.7 Å². The van der Waals surface area contributed by atoms with Gasteiger partial charge in [0.2, 0.25) is 0 Å². The van der Waals surface area contributed by atoms with Crippen molar-refractivity contribution in [2.24, 2.45) is 0 Å². The Bertz CT molecular complexity index is 1260. The molecule has 3 aromatic rings. The molecule has 33 heavy (non-hydrogen) atoms. The lowest BCUT2D eigenvalue weighted by Crippen LogP contribution is -2.43. The van der Waals surface area contributed by atoms with Crippen LogP contribution in [0.4, 0.5) is 0 Å². The van der Waals surface area contributed by atoms with Crippen LogP contribution >= 0.6 is 0 Å². The number of nitrogens with zero attached hydrogens (tertiary/aromatic N) is 1. The first kappa shape index (κ1) is 23.3. The summed E-state index contributed by atoms with van der Waals surface area (Å²) in [5.74, 6) is 0.907. The van der Waals surface area contributed by atoms with E-state index < -0.39 is 9.84 Å². The van der Waals surface area contributed by atoms with Gasteiger partial charge in [-0.3, -0.25) is 4.79 Å². The molecule has 1 heterocycles. The summed E-state index contributed by atoms with van der Waals surface area (Å²) in [7, 11) is -3.13. The second kappa shape index (κ2) is 9.56. The molecular weight excluding hydrogens is 434 g/mol. The van der Waals surface area contributed by atoms with Crippen LogP contribution in [0.25, 0.3) is 10.8 Å². The number of rotatable bonds is 7. The van der Waals surface area contributed by atoms with Crippen molar-refractivity contribution in [3.63, 3.8) is 0 Å². The molecule has 4 rings (SSSR count). The lowest BCUT2D eigenvalue weighted by molar-refractivity contribution is -0.136. The van der Waals surface area contributed by atoms with Crippen molar-refractivity contribution in [2.75, 3.05) is 18.1 Å². The molecule has 0 spiro atoms. The van der Waals surface area contributed by atoms with Gasteiger partial charge in [0.25, 0.3) is 5.91 Å². The smallest absolute Gasteiger partial charge is 0.261 e. The Balaban J connectivity index is 1.60. The quantitative estimate of drug-likeness (QED) is 0.500. The maximum absolute atomic E-state index is 13.4. The molecule has 1 aliphatic rings. The molecule has 5 nitrogen and oxygen atoms in total. The maximum atomic E-state index is 13.4. The minimum atomic E-state index is -3.13. The van der Waals surface area contributed by atoms with Crippen LogP contribution in [0.2, 0.25) is 0 Å². The zero-order chi connectivity index (χ0) is 23.6. The van der Waals surface area contributed by atoms with E-state index in [-0.39, 0.29) is 36.0 Å². The van der Waals surface area contributed by atoms with Gasteiger partial charge in [0.1, 0.15) is 5.75 Å². The molecule has 3 aromatic carbocycles. The normalized spacial score (nSPS) is 17.4. The summed E-state index contributed by atoms with van der Waals surface area (Å²) in [6.45, 7) is 6.42. The number of carbonyl (C=O) groups excluding carboxylic acids is 1. The van der Waals surface area contributed by atoms with E-state index in [1.165, 1.54) is 0 Å². The lowest BCUT2D eigenvalue weighted by Gasteiger charge is -2.29. The van der Waals surface area contributed by atoms with Crippen LogP contribution in [0.1, 0.15) is 42.9 Å². The van der Waals surface area contributed by atoms with Crippen molar-refractivity contribution >= 4 is 26.5 Å². The first-order chi connectivity index (χ1) is 15.7. The predicted molar refractivity (Wildman–Crippen MR) is 132 cm³/mol. The van der Waals surface area contributed by atoms with Crippen LogP contribution in [0.15, 0.2) is 60.7 Å². The van der Waals surface area contributed by atoms with E-state index in [9.17, 15) is 13.2 Å². The van der Waals surface area contributed by atoms with Crippen LogP contribution in [0, 0.1) is 6.92 Å². The summed E-state index contributed by atoms with van der Waals surface area (Å²) in [5, 5.41) is 2.17. The van der Waals surface area contributed by atoms with Gasteiger partial charge in [-0.1, -0.05) is 68.4 Å². The Kier molecular flexibility index (Phi) is 6.75. The van der Waals surface area contributed by atoms with Crippen LogP contribution in [-0.4, -0.2) is 43.4 Å². The maximum Gasteiger partial charge on any atom is 0.261 e. The molecule has 1 amide bonds. The minimum Gasteiger partial charge on any atom is -0.483 e. The number of fused-ring (bicyclic) bond motifs is 1.